The smallest absolute Gasteiger partial charge is 0.0774 e. The zero-order valence-corrected chi connectivity index (χ0v) is 11.9. The molecule has 1 aromatic rings. The fourth-order valence-corrected chi connectivity index (χ4v) is 2.73. The van der Waals surface area contributed by atoms with Crippen molar-refractivity contribution in [2.24, 2.45) is 0 Å². The largest absolute Gasteiger partial charge is 0.373 e. The van der Waals surface area contributed by atoms with Gasteiger partial charge < -0.3 is 10.1 Å². The highest BCUT2D eigenvalue weighted by Crippen LogP contribution is 2.30. The van der Waals surface area contributed by atoms with E-state index in [1.54, 1.807) is 0 Å². The Morgan fingerprint density at radius 2 is 1.72 bits per heavy atom. The average molecular weight is 247 g/mol. The summed E-state index contributed by atoms with van der Waals surface area (Å²) < 4.78 is 5.98. The van der Waals surface area contributed by atoms with Gasteiger partial charge in [-0.1, -0.05) is 38.1 Å². The maximum absolute atomic E-state index is 5.98. The lowest BCUT2D eigenvalue weighted by Crippen LogP contribution is -2.29. The van der Waals surface area contributed by atoms with Crippen molar-refractivity contribution >= 4 is 0 Å². The van der Waals surface area contributed by atoms with Crippen LogP contribution in [0.3, 0.4) is 0 Å². The number of ether oxygens (including phenoxy) is 1. The Hall–Kier alpha value is -0.860. The molecule has 1 heterocycles. The van der Waals surface area contributed by atoms with Gasteiger partial charge in [-0.15, -0.1) is 0 Å². The molecule has 3 unspecified atom stereocenters. The second-order valence-corrected chi connectivity index (χ2v) is 5.65. The van der Waals surface area contributed by atoms with Crippen LogP contribution in [0.1, 0.15) is 56.7 Å². The van der Waals surface area contributed by atoms with Gasteiger partial charge in [-0.25, -0.2) is 0 Å². The van der Waals surface area contributed by atoms with Gasteiger partial charge in [-0.3, -0.25) is 0 Å². The summed E-state index contributed by atoms with van der Waals surface area (Å²) in [5.74, 6) is 0.592. The van der Waals surface area contributed by atoms with Gasteiger partial charge in [0, 0.05) is 0 Å². The normalized spacial score (nSPS) is 25.6. The molecule has 1 aliphatic heterocycles. The van der Waals surface area contributed by atoms with Crippen molar-refractivity contribution < 1.29 is 4.74 Å². The molecule has 0 amide bonds. The molecule has 1 fully saturated rings. The molecule has 0 bridgehead atoms. The minimum absolute atomic E-state index is 0.315. The van der Waals surface area contributed by atoms with E-state index in [2.05, 4.69) is 50.4 Å². The topological polar surface area (TPSA) is 21.3 Å². The third kappa shape index (κ3) is 2.93. The fourth-order valence-electron chi connectivity index (χ4n) is 2.73. The lowest BCUT2D eigenvalue weighted by molar-refractivity contribution is 0.0333. The van der Waals surface area contributed by atoms with Crippen molar-refractivity contribution in [1.82, 2.24) is 5.32 Å². The minimum atomic E-state index is 0.315. The molecular weight excluding hydrogens is 222 g/mol. The van der Waals surface area contributed by atoms with Crippen LogP contribution in [-0.4, -0.2) is 19.3 Å². The van der Waals surface area contributed by atoms with Gasteiger partial charge in [0.2, 0.25) is 0 Å². The van der Waals surface area contributed by atoms with Crippen molar-refractivity contribution in [2.75, 3.05) is 7.05 Å². The molecule has 0 saturated carbocycles. The first-order valence-electron chi connectivity index (χ1n) is 7.04. The van der Waals surface area contributed by atoms with Crippen LogP contribution < -0.4 is 5.32 Å². The number of hydrogen-bond donors (Lipinski definition) is 1. The zero-order chi connectivity index (χ0) is 13.1. The summed E-state index contributed by atoms with van der Waals surface area (Å²) in [7, 11) is 2.02. The second kappa shape index (κ2) is 5.85. The SMILES string of the molecule is CNC(c1ccc(C(C)C)cc1)C1CCC(C)O1. The molecule has 1 saturated heterocycles. The van der Waals surface area contributed by atoms with E-state index in [9.17, 15) is 0 Å². The molecule has 0 aliphatic carbocycles. The third-order valence-electron chi connectivity index (χ3n) is 3.91. The van der Waals surface area contributed by atoms with Gasteiger partial charge in [0.15, 0.2) is 0 Å². The number of nitrogens with one attached hydrogen (secondary N) is 1. The Morgan fingerprint density at radius 1 is 1.11 bits per heavy atom. The molecule has 2 heteroatoms. The fraction of sp³-hybridized carbons (Fsp3) is 0.625. The molecule has 3 atom stereocenters. The highest BCUT2D eigenvalue weighted by Gasteiger charge is 2.29. The summed E-state index contributed by atoms with van der Waals surface area (Å²) in [5, 5.41) is 3.40. The van der Waals surface area contributed by atoms with E-state index in [1.807, 2.05) is 7.05 Å². The molecule has 0 spiro atoms. The van der Waals surface area contributed by atoms with Crippen molar-refractivity contribution in [3.05, 3.63) is 35.4 Å². The number of rotatable bonds is 4. The Morgan fingerprint density at radius 3 is 2.17 bits per heavy atom. The van der Waals surface area contributed by atoms with Crippen molar-refractivity contribution in [3.8, 4) is 0 Å². The van der Waals surface area contributed by atoms with Crippen LogP contribution in [0, 0.1) is 0 Å². The lowest BCUT2D eigenvalue weighted by atomic mass is 9.95. The zero-order valence-electron chi connectivity index (χ0n) is 11.9. The predicted octanol–water partition coefficient (Wildman–Crippen LogP) is 3.64. The summed E-state index contributed by atoms with van der Waals surface area (Å²) >= 11 is 0. The molecule has 18 heavy (non-hydrogen) atoms. The van der Waals surface area contributed by atoms with Crippen LogP contribution in [-0.2, 0) is 4.74 Å². The Labute approximate surface area is 111 Å². The maximum Gasteiger partial charge on any atom is 0.0774 e. The quantitative estimate of drug-likeness (QED) is 0.877. The van der Waals surface area contributed by atoms with Crippen LogP contribution in [0.25, 0.3) is 0 Å². The van der Waals surface area contributed by atoms with Gasteiger partial charge in [-0.05, 0) is 43.9 Å². The number of likely N-dealkylation sites (N-methyl/N-ethyl adjacent to an activating group) is 1. The first-order chi connectivity index (χ1) is 8.61. The van der Waals surface area contributed by atoms with E-state index in [0.717, 1.165) is 6.42 Å². The van der Waals surface area contributed by atoms with Gasteiger partial charge in [0.1, 0.15) is 0 Å². The lowest BCUT2D eigenvalue weighted by Gasteiger charge is -2.24. The van der Waals surface area contributed by atoms with Crippen molar-refractivity contribution in [3.63, 3.8) is 0 Å². The molecule has 0 radical (unpaired) electrons. The van der Waals surface area contributed by atoms with E-state index in [-0.39, 0.29) is 0 Å². The van der Waals surface area contributed by atoms with Crippen LogP contribution in [0.4, 0.5) is 0 Å². The summed E-state index contributed by atoms with van der Waals surface area (Å²) in [6.07, 6.45) is 3.04. The molecular formula is C16H25NO. The standard InChI is InChI=1S/C16H25NO/c1-11(2)13-6-8-14(9-7-13)16(17-4)15-10-5-12(3)18-15/h6-9,11-12,15-17H,5,10H2,1-4H3. The van der Waals surface area contributed by atoms with Crippen molar-refractivity contribution in [1.29, 1.82) is 0 Å². The van der Waals surface area contributed by atoms with Gasteiger partial charge in [-0.2, -0.15) is 0 Å². The van der Waals surface area contributed by atoms with E-state index in [0.29, 0.717) is 24.2 Å². The Bertz CT molecular complexity index is 371. The van der Waals surface area contributed by atoms with Crippen LogP contribution in [0.5, 0.6) is 0 Å². The average Bonchev–Trinajstić information content (AvgIpc) is 2.77. The number of hydrogen-bond acceptors (Lipinski definition) is 2. The monoisotopic (exact) mass is 247 g/mol. The Kier molecular flexibility index (Phi) is 4.41. The van der Waals surface area contributed by atoms with E-state index < -0.39 is 0 Å². The number of benzene rings is 1. The van der Waals surface area contributed by atoms with Crippen molar-refractivity contribution in [2.45, 2.75) is 57.8 Å². The van der Waals surface area contributed by atoms with Crippen LogP contribution >= 0.6 is 0 Å². The minimum Gasteiger partial charge on any atom is -0.373 e. The van der Waals surface area contributed by atoms with E-state index in [4.69, 9.17) is 4.74 Å². The maximum atomic E-state index is 5.98. The first kappa shape index (κ1) is 13.6. The molecule has 100 valence electrons. The van der Waals surface area contributed by atoms with Gasteiger partial charge in [0.25, 0.3) is 0 Å². The summed E-state index contributed by atoms with van der Waals surface area (Å²) in [6.45, 7) is 6.62. The van der Waals surface area contributed by atoms with Crippen LogP contribution in [0.15, 0.2) is 24.3 Å². The highest BCUT2D eigenvalue weighted by atomic mass is 16.5. The molecule has 1 aliphatic rings. The molecule has 2 nitrogen and oxygen atoms in total. The molecule has 1 N–H and O–H groups in total. The third-order valence-corrected chi connectivity index (χ3v) is 3.91. The molecule has 0 aromatic heterocycles. The predicted molar refractivity (Wildman–Crippen MR) is 75.9 cm³/mol. The van der Waals surface area contributed by atoms with Crippen LogP contribution in [0.2, 0.25) is 0 Å². The van der Waals surface area contributed by atoms with E-state index >= 15 is 0 Å². The van der Waals surface area contributed by atoms with Gasteiger partial charge >= 0.3 is 0 Å². The first-order valence-corrected chi connectivity index (χ1v) is 7.04. The summed E-state index contributed by atoms with van der Waals surface area (Å²) in [4.78, 5) is 0. The Balaban J connectivity index is 2.12. The summed E-state index contributed by atoms with van der Waals surface area (Å²) in [5.41, 5.74) is 2.73. The van der Waals surface area contributed by atoms with Gasteiger partial charge in [0.05, 0.1) is 18.2 Å². The second-order valence-electron chi connectivity index (χ2n) is 5.65. The summed E-state index contributed by atoms with van der Waals surface area (Å²) in [6, 6.07) is 9.27. The molecule has 2 rings (SSSR count). The molecule has 1 aromatic carbocycles. The highest BCUT2D eigenvalue weighted by molar-refractivity contribution is 5.27. The van der Waals surface area contributed by atoms with E-state index in [1.165, 1.54) is 17.5 Å².